The third kappa shape index (κ3) is 5.54. The van der Waals surface area contributed by atoms with Crippen LogP contribution in [0, 0.1) is 11.3 Å². The SMILES string of the molecule is COc1ccc(CN2CCC3(CC2)CC3C(=O)N2CCN(CC=Cc3ccccc3)CC2)cc1O. The van der Waals surface area contributed by atoms with Crippen molar-refractivity contribution in [3.63, 3.8) is 0 Å². The minimum atomic E-state index is 0.193. The van der Waals surface area contributed by atoms with Gasteiger partial charge in [-0.05, 0) is 61.0 Å². The van der Waals surface area contributed by atoms with Crippen LogP contribution in [0.3, 0.4) is 0 Å². The van der Waals surface area contributed by atoms with E-state index in [1.807, 2.05) is 18.2 Å². The second-order valence-corrected chi connectivity index (χ2v) is 10.3. The van der Waals surface area contributed by atoms with Crippen LogP contribution in [0.1, 0.15) is 30.4 Å². The van der Waals surface area contributed by atoms with E-state index in [2.05, 4.69) is 51.1 Å². The first-order valence-electron chi connectivity index (χ1n) is 12.9. The Kier molecular flexibility index (Phi) is 7.12. The number of ether oxygens (including phenoxy) is 1. The van der Waals surface area contributed by atoms with Gasteiger partial charge in [0.25, 0.3) is 0 Å². The standard InChI is InChI=1S/C29H37N3O3/c1-35-27-10-9-24(20-26(27)33)22-31-14-11-29(12-15-31)21-25(29)28(34)32-18-16-30(17-19-32)13-5-8-23-6-3-2-4-7-23/h2-10,20,25,33H,11-19,21-22H2,1H3. The highest BCUT2D eigenvalue weighted by molar-refractivity contribution is 5.83. The number of benzene rings is 2. The Hall–Kier alpha value is -2.83. The van der Waals surface area contributed by atoms with Crippen molar-refractivity contribution in [2.75, 3.05) is 52.9 Å². The van der Waals surface area contributed by atoms with Crippen molar-refractivity contribution in [3.05, 3.63) is 65.7 Å². The largest absolute Gasteiger partial charge is 0.504 e. The van der Waals surface area contributed by atoms with Gasteiger partial charge >= 0.3 is 0 Å². The monoisotopic (exact) mass is 475 g/mol. The van der Waals surface area contributed by atoms with Crippen LogP contribution >= 0.6 is 0 Å². The second kappa shape index (κ2) is 10.4. The number of phenols is 1. The number of piperazine rings is 1. The lowest BCUT2D eigenvalue weighted by molar-refractivity contribution is -0.135. The zero-order valence-electron chi connectivity index (χ0n) is 20.7. The molecule has 3 fully saturated rings. The molecule has 1 atom stereocenters. The van der Waals surface area contributed by atoms with Crippen molar-refractivity contribution in [2.45, 2.75) is 25.8 Å². The van der Waals surface area contributed by atoms with Crippen molar-refractivity contribution < 1.29 is 14.6 Å². The van der Waals surface area contributed by atoms with Gasteiger partial charge in [0.05, 0.1) is 7.11 Å². The van der Waals surface area contributed by atoms with Crippen molar-refractivity contribution in [1.82, 2.24) is 14.7 Å². The van der Waals surface area contributed by atoms with E-state index in [0.717, 1.165) is 77.2 Å². The van der Waals surface area contributed by atoms with Gasteiger partial charge < -0.3 is 14.7 Å². The molecule has 2 heterocycles. The number of piperidine rings is 1. The first-order valence-corrected chi connectivity index (χ1v) is 12.9. The number of hydrogen-bond donors (Lipinski definition) is 1. The molecule has 3 aliphatic rings. The molecule has 5 rings (SSSR count). The number of nitrogens with zero attached hydrogens (tertiary/aromatic N) is 3. The van der Waals surface area contributed by atoms with Crippen LogP contribution in [-0.4, -0.2) is 78.6 Å². The van der Waals surface area contributed by atoms with E-state index in [1.165, 1.54) is 5.56 Å². The molecular weight excluding hydrogens is 438 g/mol. The van der Waals surface area contributed by atoms with E-state index in [-0.39, 0.29) is 17.1 Å². The Morgan fingerprint density at radius 1 is 1.03 bits per heavy atom. The number of rotatable bonds is 7. The zero-order chi connectivity index (χ0) is 24.3. The number of carbonyl (C=O) groups is 1. The maximum atomic E-state index is 13.3. The van der Waals surface area contributed by atoms with E-state index in [1.54, 1.807) is 13.2 Å². The van der Waals surface area contributed by atoms with Crippen LogP contribution in [-0.2, 0) is 11.3 Å². The van der Waals surface area contributed by atoms with Gasteiger partial charge in [-0.2, -0.15) is 0 Å². The van der Waals surface area contributed by atoms with Gasteiger partial charge in [-0.3, -0.25) is 14.6 Å². The first kappa shape index (κ1) is 23.9. The van der Waals surface area contributed by atoms with Crippen LogP contribution in [0.2, 0.25) is 0 Å². The van der Waals surface area contributed by atoms with Gasteiger partial charge in [0.2, 0.25) is 5.91 Å². The fourth-order valence-electron chi connectivity index (χ4n) is 5.77. The van der Waals surface area contributed by atoms with Gasteiger partial charge in [-0.1, -0.05) is 48.6 Å². The van der Waals surface area contributed by atoms with Crippen LogP contribution in [0.4, 0.5) is 0 Å². The second-order valence-electron chi connectivity index (χ2n) is 10.3. The average molecular weight is 476 g/mol. The number of likely N-dealkylation sites (tertiary alicyclic amines) is 1. The van der Waals surface area contributed by atoms with E-state index < -0.39 is 0 Å². The fourth-order valence-corrected chi connectivity index (χ4v) is 5.77. The molecule has 1 aliphatic carbocycles. The molecule has 1 spiro atoms. The molecule has 6 heteroatoms. The molecule has 0 bridgehead atoms. The summed E-state index contributed by atoms with van der Waals surface area (Å²) in [6.45, 7) is 7.38. The van der Waals surface area contributed by atoms with E-state index >= 15 is 0 Å². The van der Waals surface area contributed by atoms with E-state index in [0.29, 0.717) is 11.7 Å². The van der Waals surface area contributed by atoms with Crippen molar-refractivity contribution in [1.29, 1.82) is 0 Å². The minimum absolute atomic E-state index is 0.193. The lowest BCUT2D eigenvalue weighted by atomic mass is 9.90. The Morgan fingerprint density at radius 3 is 2.46 bits per heavy atom. The Labute approximate surface area is 208 Å². The summed E-state index contributed by atoms with van der Waals surface area (Å²) in [6.07, 6.45) is 7.65. The Morgan fingerprint density at radius 2 is 1.77 bits per heavy atom. The third-order valence-electron chi connectivity index (χ3n) is 8.15. The summed E-state index contributed by atoms with van der Waals surface area (Å²) in [4.78, 5) is 20.2. The molecule has 2 aliphatic heterocycles. The van der Waals surface area contributed by atoms with Gasteiger partial charge in [-0.15, -0.1) is 0 Å². The van der Waals surface area contributed by atoms with Gasteiger partial charge in [0.1, 0.15) is 0 Å². The van der Waals surface area contributed by atoms with Crippen LogP contribution in [0.25, 0.3) is 6.08 Å². The summed E-state index contributed by atoms with van der Waals surface area (Å²) in [7, 11) is 1.57. The molecule has 0 aromatic heterocycles. The molecule has 2 saturated heterocycles. The number of aromatic hydroxyl groups is 1. The highest BCUT2D eigenvalue weighted by atomic mass is 16.5. The Bertz CT molecular complexity index is 1040. The molecule has 1 N–H and O–H groups in total. The Balaban J connectivity index is 1.05. The smallest absolute Gasteiger partial charge is 0.226 e. The lowest BCUT2D eigenvalue weighted by Crippen LogP contribution is -2.49. The molecule has 186 valence electrons. The summed E-state index contributed by atoms with van der Waals surface area (Å²) < 4.78 is 5.14. The van der Waals surface area contributed by atoms with E-state index in [4.69, 9.17) is 4.74 Å². The summed E-state index contributed by atoms with van der Waals surface area (Å²) in [6, 6.07) is 16.0. The summed E-state index contributed by atoms with van der Waals surface area (Å²) in [5.41, 5.74) is 2.55. The molecular formula is C29H37N3O3. The molecule has 1 amide bonds. The molecule has 2 aromatic rings. The maximum absolute atomic E-state index is 13.3. The fraction of sp³-hybridized carbons (Fsp3) is 0.483. The van der Waals surface area contributed by atoms with Gasteiger partial charge in [-0.25, -0.2) is 0 Å². The molecule has 0 radical (unpaired) electrons. The van der Waals surface area contributed by atoms with Crippen molar-refractivity contribution in [3.8, 4) is 11.5 Å². The molecule has 35 heavy (non-hydrogen) atoms. The third-order valence-corrected chi connectivity index (χ3v) is 8.15. The highest BCUT2D eigenvalue weighted by Crippen LogP contribution is 2.60. The minimum Gasteiger partial charge on any atom is -0.504 e. The molecule has 2 aromatic carbocycles. The van der Waals surface area contributed by atoms with Crippen LogP contribution in [0.15, 0.2) is 54.6 Å². The normalized spacial score (nSPS) is 22.5. The van der Waals surface area contributed by atoms with Crippen LogP contribution < -0.4 is 4.74 Å². The zero-order valence-corrected chi connectivity index (χ0v) is 20.7. The predicted molar refractivity (Wildman–Crippen MR) is 138 cm³/mol. The average Bonchev–Trinajstić information content (AvgIpc) is 3.59. The van der Waals surface area contributed by atoms with Gasteiger partial charge in [0.15, 0.2) is 11.5 Å². The summed E-state index contributed by atoms with van der Waals surface area (Å²) >= 11 is 0. The number of amides is 1. The molecule has 1 unspecified atom stereocenters. The lowest BCUT2D eigenvalue weighted by Gasteiger charge is -2.36. The number of methoxy groups -OCH3 is 1. The molecule has 1 saturated carbocycles. The van der Waals surface area contributed by atoms with E-state index in [9.17, 15) is 9.90 Å². The number of phenolic OH excluding ortho intramolecular Hbond substituents is 1. The molecule has 6 nitrogen and oxygen atoms in total. The maximum Gasteiger partial charge on any atom is 0.226 e. The van der Waals surface area contributed by atoms with Crippen molar-refractivity contribution >= 4 is 12.0 Å². The number of hydrogen-bond acceptors (Lipinski definition) is 5. The quantitative estimate of drug-likeness (QED) is 0.659. The number of carbonyl (C=O) groups excluding carboxylic acids is 1. The summed E-state index contributed by atoms with van der Waals surface area (Å²) in [5.74, 6) is 1.31. The first-order chi connectivity index (χ1) is 17.1. The van der Waals surface area contributed by atoms with Crippen LogP contribution in [0.5, 0.6) is 11.5 Å². The topological polar surface area (TPSA) is 56.2 Å². The predicted octanol–water partition coefficient (Wildman–Crippen LogP) is 3.86. The highest BCUT2D eigenvalue weighted by Gasteiger charge is 2.59. The van der Waals surface area contributed by atoms with Gasteiger partial charge in [0, 0.05) is 45.2 Å². The van der Waals surface area contributed by atoms with Crippen molar-refractivity contribution in [2.24, 2.45) is 11.3 Å². The summed E-state index contributed by atoms with van der Waals surface area (Å²) in [5, 5.41) is 10.0.